The maximum absolute atomic E-state index is 12.1. The molecule has 0 aromatic heterocycles. The van der Waals surface area contributed by atoms with Gasteiger partial charge >= 0.3 is 5.97 Å². The summed E-state index contributed by atoms with van der Waals surface area (Å²) in [4.78, 5) is 23.3. The van der Waals surface area contributed by atoms with Gasteiger partial charge in [-0.3, -0.25) is 4.79 Å². The monoisotopic (exact) mass is 357 g/mol. The highest BCUT2D eigenvalue weighted by Crippen LogP contribution is 2.28. The molecule has 1 amide bonds. The summed E-state index contributed by atoms with van der Waals surface area (Å²) in [5.41, 5.74) is 1.78. The van der Waals surface area contributed by atoms with Crippen LogP contribution in [-0.4, -0.2) is 30.7 Å². The fourth-order valence-corrected chi connectivity index (χ4v) is 2.58. The molecule has 0 aliphatic rings. The van der Waals surface area contributed by atoms with Crippen molar-refractivity contribution in [2.75, 3.05) is 13.7 Å². The number of ether oxygens (including phenoxy) is 2. The molecular formula is C20H23NO5. The Morgan fingerprint density at radius 3 is 2.58 bits per heavy atom. The predicted molar refractivity (Wildman–Crippen MR) is 97.7 cm³/mol. The van der Waals surface area contributed by atoms with Gasteiger partial charge in [-0.15, -0.1) is 0 Å². The van der Waals surface area contributed by atoms with Gasteiger partial charge in [0.25, 0.3) is 0 Å². The topological polar surface area (TPSA) is 84.9 Å². The number of amides is 1. The van der Waals surface area contributed by atoms with Gasteiger partial charge in [0.05, 0.1) is 19.3 Å². The Morgan fingerprint density at radius 2 is 1.88 bits per heavy atom. The van der Waals surface area contributed by atoms with Crippen molar-refractivity contribution in [2.45, 2.75) is 26.3 Å². The van der Waals surface area contributed by atoms with Gasteiger partial charge in [0.2, 0.25) is 5.91 Å². The molecule has 2 N–H and O–H groups in total. The van der Waals surface area contributed by atoms with Crippen molar-refractivity contribution in [1.29, 1.82) is 0 Å². The summed E-state index contributed by atoms with van der Waals surface area (Å²) in [5, 5.41) is 12.0. The van der Waals surface area contributed by atoms with Gasteiger partial charge in [0, 0.05) is 13.0 Å². The highest BCUT2D eigenvalue weighted by atomic mass is 16.5. The van der Waals surface area contributed by atoms with Crippen LogP contribution in [0.4, 0.5) is 0 Å². The lowest BCUT2D eigenvalue weighted by atomic mass is 10.0. The minimum absolute atomic E-state index is 0.140. The third kappa shape index (κ3) is 5.24. The average molecular weight is 357 g/mol. The minimum Gasteiger partial charge on any atom is -0.493 e. The molecule has 0 radical (unpaired) electrons. The van der Waals surface area contributed by atoms with Crippen LogP contribution in [0.1, 0.15) is 34.8 Å². The van der Waals surface area contributed by atoms with E-state index in [4.69, 9.17) is 9.47 Å². The Labute approximate surface area is 152 Å². The molecule has 0 unspecified atom stereocenters. The number of hydrogen-bond acceptors (Lipinski definition) is 4. The van der Waals surface area contributed by atoms with Crippen molar-refractivity contribution in [1.82, 2.24) is 5.32 Å². The third-order valence-electron chi connectivity index (χ3n) is 3.89. The second kappa shape index (κ2) is 9.46. The zero-order valence-electron chi connectivity index (χ0n) is 15.0. The lowest BCUT2D eigenvalue weighted by Crippen LogP contribution is -2.23. The van der Waals surface area contributed by atoms with Crippen molar-refractivity contribution in [3.63, 3.8) is 0 Å². The van der Waals surface area contributed by atoms with Gasteiger partial charge in [-0.25, -0.2) is 4.79 Å². The van der Waals surface area contributed by atoms with Crippen LogP contribution >= 0.6 is 0 Å². The Kier molecular flexibility index (Phi) is 7.02. The number of carboxylic acid groups (broad SMARTS) is 1. The third-order valence-corrected chi connectivity index (χ3v) is 3.89. The minimum atomic E-state index is -0.984. The Hall–Kier alpha value is -3.02. The van der Waals surface area contributed by atoms with Crippen LogP contribution in [0.25, 0.3) is 0 Å². The van der Waals surface area contributed by atoms with Gasteiger partial charge in [-0.1, -0.05) is 24.3 Å². The number of carbonyl (C=O) groups is 2. The molecule has 0 heterocycles. The summed E-state index contributed by atoms with van der Waals surface area (Å²) in [7, 11) is 1.58. The standard InChI is InChI=1S/C20H23NO5/c1-3-26-18-12-14(8-10-17(18)25-2)13-21-19(22)11-9-15-6-4-5-7-16(15)20(23)24/h4-8,10,12H,3,9,11,13H2,1-2H3,(H,21,22)(H,23,24). The molecule has 0 aliphatic carbocycles. The smallest absolute Gasteiger partial charge is 0.335 e. The fourth-order valence-electron chi connectivity index (χ4n) is 2.58. The van der Waals surface area contributed by atoms with Gasteiger partial charge in [-0.2, -0.15) is 0 Å². The highest BCUT2D eigenvalue weighted by Gasteiger charge is 2.11. The second-order valence-corrected chi connectivity index (χ2v) is 5.66. The number of carbonyl (C=O) groups excluding carboxylic acids is 1. The predicted octanol–water partition coefficient (Wildman–Crippen LogP) is 3.04. The largest absolute Gasteiger partial charge is 0.493 e. The van der Waals surface area contributed by atoms with Crippen molar-refractivity contribution >= 4 is 11.9 Å². The Balaban J connectivity index is 1.91. The molecule has 0 fully saturated rings. The van der Waals surface area contributed by atoms with Crippen LogP contribution < -0.4 is 14.8 Å². The van der Waals surface area contributed by atoms with E-state index in [1.165, 1.54) is 0 Å². The van der Waals surface area contributed by atoms with Gasteiger partial charge < -0.3 is 19.9 Å². The number of aromatic carboxylic acids is 1. The molecular weight excluding hydrogens is 334 g/mol. The number of nitrogens with one attached hydrogen (secondary N) is 1. The van der Waals surface area contributed by atoms with Crippen LogP contribution in [0.3, 0.4) is 0 Å². The number of hydrogen-bond donors (Lipinski definition) is 2. The summed E-state index contributed by atoms with van der Waals surface area (Å²) in [6.45, 7) is 2.78. The number of carboxylic acids is 1. The molecule has 0 saturated heterocycles. The van der Waals surface area contributed by atoms with Crippen LogP contribution in [0.5, 0.6) is 11.5 Å². The summed E-state index contributed by atoms with van der Waals surface area (Å²) in [6, 6.07) is 12.2. The maximum Gasteiger partial charge on any atom is 0.335 e. The number of benzene rings is 2. The Bertz CT molecular complexity index is 773. The zero-order chi connectivity index (χ0) is 18.9. The zero-order valence-corrected chi connectivity index (χ0v) is 15.0. The van der Waals surface area contributed by atoms with Crippen LogP contribution in [0.15, 0.2) is 42.5 Å². The molecule has 6 nitrogen and oxygen atoms in total. The molecule has 0 atom stereocenters. The maximum atomic E-state index is 12.1. The van der Waals surface area contributed by atoms with Crippen molar-refractivity contribution in [3.8, 4) is 11.5 Å². The first-order chi connectivity index (χ1) is 12.5. The SMILES string of the molecule is CCOc1cc(CNC(=O)CCc2ccccc2C(=O)O)ccc1OC. The summed E-state index contributed by atoms with van der Waals surface area (Å²) >= 11 is 0. The first-order valence-corrected chi connectivity index (χ1v) is 8.42. The molecule has 2 rings (SSSR count). The van der Waals surface area contributed by atoms with E-state index < -0.39 is 5.97 Å². The molecule has 6 heteroatoms. The van der Waals surface area contributed by atoms with E-state index >= 15 is 0 Å². The molecule has 2 aromatic rings. The van der Waals surface area contributed by atoms with Gasteiger partial charge in [-0.05, 0) is 42.7 Å². The quantitative estimate of drug-likeness (QED) is 0.720. The van der Waals surface area contributed by atoms with E-state index in [0.717, 1.165) is 5.56 Å². The second-order valence-electron chi connectivity index (χ2n) is 5.66. The van der Waals surface area contributed by atoms with E-state index in [-0.39, 0.29) is 17.9 Å². The number of methoxy groups -OCH3 is 1. The van der Waals surface area contributed by atoms with E-state index in [0.29, 0.717) is 36.6 Å². The molecule has 26 heavy (non-hydrogen) atoms. The molecule has 0 aliphatic heterocycles. The molecule has 0 saturated carbocycles. The first-order valence-electron chi connectivity index (χ1n) is 8.42. The van der Waals surface area contributed by atoms with Gasteiger partial charge in [0.1, 0.15) is 0 Å². The van der Waals surface area contributed by atoms with E-state index in [1.54, 1.807) is 37.4 Å². The lowest BCUT2D eigenvalue weighted by molar-refractivity contribution is -0.121. The van der Waals surface area contributed by atoms with Crippen molar-refractivity contribution < 1.29 is 24.2 Å². The van der Waals surface area contributed by atoms with Crippen molar-refractivity contribution in [2.24, 2.45) is 0 Å². The van der Waals surface area contributed by atoms with Crippen molar-refractivity contribution in [3.05, 3.63) is 59.2 Å². The van der Waals surface area contributed by atoms with E-state index in [2.05, 4.69) is 5.32 Å². The summed E-state index contributed by atoms with van der Waals surface area (Å²) < 4.78 is 10.8. The summed E-state index contributed by atoms with van der Waals surface area (Å²) in [5.74, 6) is 0.158. The molecule has 138 valence electrons. The normalized spacial score (nSPS) is 10.2. The molecule has 0 spiro atoms. The highest BCUT2D eigenvalue weighted by molar-refractivity contribution is 5.89. The van der Waals surface area contributed by atoms with Crippen LogP contribution in [0.2, 0.25) is 0 Å². The first kappa shape index (κ1) is 19.3. The lowest BCUT2D eigenvalue weighted by Gasteiger charge is -2.12. The van der Waals surface area contributed by atoms with E-state index in [1.807, 2.05) is 19.1 Å². The number of aryl methyl sites for hydroxylation is 1. The van der Waals surface area contributed by atoms with Crippen LogP contribution in [0, 0.1) is 0 Å². The van der Waals surface area contributed by atoms with Gasteiger partial charge in [0.15, 0.2) is 11.5 Å². The average Bonchev–Trinajstić information content (AvgIpc) is 2.65. The Morgan fingerprint density at radius 1 is 1.12 bits per heavy atom. The van der Waals surface area contributed by atoms with Crippen LogP contribution in [-0.2, 0) is 17.8 Å². The molecule has 2 aromatic carbocycles. The number of rotatable bonds is 9. The molecule has 0 bridgehead atoms. The summed E-state index contributed by atoms with van der Waals surface area (Å²) in [6.07, 6.45) is 0.597. The van der Waals surface area contributed by atoms with E-state index in [9.17, 15) is 14.7 Å². The fraction of sp³-hybridized carbons (Fsp3) is 0.300.